The number of rotatable bonds is 6. The minimum atomic E-state index is 0.449. The van der Waals surface area contributed by atoms with Gasteiger partial charge < -0.3 is 15.0 Å². The second-order valence-electron chi connectivity index (χ2n) is 5.41. The highest BCUT2D eigenvalue weighted by Crippen LogP contribution is 2.42. The van der Waals surface area contributed by atoms with Gasteiger partial charge in [0.15, 0.2) is 0 Å². The number of benzene rings is 1. The smallest absolute Gasteiger partial charge is 0.142 e. The molecule has 3 nitrogen and oxygen atoms in total. The van der Waals surface area contributed by atoms with Gasteiger partial charge in [0.05, 0.1) is 12.8 Å². The number of nitrogens with zero attached hydrogens (tertiary/aromatic N) is 1. The van der Waals surface area contributed by atoms with Crippen molar-refractivity contribution in [2.24, 2.45) is 5.41 Å². The Hall–Kier alpha value is -1.22. The zero-order valence-corrected chi connectivity index (χ0v) is 11.7. The van der Waals surface area contributed by atoms with Crippen LogP contribution in [0.3, 0.4) is 0 Å². The first-order chi connectivity index (χ1) is 8.71. The van der Waals surface area contributed by atoms with Crippen molar-refractivity contribution < 1.29 is 4.74 Å². The Morgan fingerprint density at radius 3 is 2.61 bits per heavy atom. The van der Waals surface area contributed by atoms with Gasteiger partial charge >= 0.3 is 0 Å². The van der Waals surface area contributed by atoms with Crippen LogP contribution in [0.15, 0.2) is 24.3 Å². The summed E-state index contributed by atoms with van der Waals surface area (Å²) < 4.78 is 5.44. The van der Waals surface area contributed by atoms with E-state index >= 15 is 0 Å². The number of anilines is 1. The molecular weight excluding hydrogens is 224 g/mol. The largest absolute Gasteiger partial charge is 0.495 e. The number of nitrogens with one attached hydrogen (secondary N) is 1. The van der Waals surface area contributed by atoms with E-state index in [9.17, 15) is 0 Å². The van der Waals surface area contributed by atoms with Crippen LogP contribution in [0.25, 0.3) is 0 Å². The van der Waals surface area contributed by atoms with Gasteiger partial charge in [0.2, 0.25) is 0 Å². The van der Waals surface area contributed by atoms with Crippen LogP contribution in [0.2, 0.25) is 0 Å². The van der Waals surface area contributed by atoms with Gasteiger partial charge in [-0.2, -0.15) is 0 Å². The molecule has 0 heterocycles. The molecule has 3 heteroatoms. The Kier molecular flexibility index (Phi) is 4.12. The van der Waals surface area contributed by atoms with E-state index in [-0.39, 0.29) is 0 Å². The first kappa shape index (κ1) is 13.2. The summed E-state index contributed by atoms with van der Waals surface area (Å²) in [7, 11) is 5.94. The Morgan fingerprint density at radius 1 is 1.33 bits per heavy atom. The second-order valence-corrected chi connectivity index (χ2v) is 5.41. The third kappa shape index (κ3) is 2.61. The van der Waals surface area contributed by atoms with E-state index < -0.39 is 0 Å². The lowest BCUT2D eigenvalue weighted by Gasteiger charge is -2.45. The summed E-state index contributed by atoms with van der Waals surface area (Å²) in [6, 6.07) is 8.24. The molecule has 1 aliphatic carbocycles. The van der Waals surface area contributed by atoms with Crippen LogP contribution >= 0.6 is 0 Å². The van der Waals surface area contributed by atoms with Gasteiger partial charge in [0, 0.05) is 25.6 Å². The molecule has 0 radical (unpaired) electrons. The zero-order valence-electron chi connectivity index (χ0n) is 11.7. The zero-order chi connectivity index (χ0) is 13.0. The summed E-state index contributed by atoms with van der Waals surface area (Å²) in [5, 5.41) is 3.34. The molecule has 0 aliphatic heterocycles. The summed E-state index contributed by atoms with van der Waals surface area (Å²) >= 11 is 0. The lowest BCUT2D eigenvalue weighted by molar-refractivity contribution is 0.142. The molecule has 0 bridgehead atoms. The molecule has 0 atom stereocenters. The maximum atomic E-state index is 5.44. The van der Waals surface area contributed by atoms with E-state index in [2.05, 4.69) is 29.4 Å². The van der Waals surface area contributed by atoms with Crippen LogP contribution in [0, 0.1) is 5.41 Å². The molecule has 0 saturated heterocycles. The molecule has 18 heavy (non-hydrogen) atoms. The van der Waals surface area contributed by atoms with Gasteiger partial charge in [-0.3, -0.25) is 0 Å². The van der Waals surface area contributed by atoms with Gasteiger partial charge in [0.1, 0.15) is 5.75 Å². The van der Waals surface area contributed by atoms with Crippen molar-refractivity contribution in [1.82, 2.24) is 5.32 Å². The quantitative estimate of drug-likeness (QED) is 0.837. The first-order valence-electron chi connectivity index (χ1n) is 6.69. The average Bonchev–Trinajstić information content (AvgIpc) is 2.36. The first-order valence-corrected chi connectivity index (χ1v) is 6.69. The third-order valence-electron chi connectivity index (χ3n) is 4.03. The fourth-order valence-corrected chi connectivity index (χ4v) is 2.98. The highest BCUT2D eigenvalue weighted by atomic mass is 16.5. The number of hydrogen-bond donors (Lipinski definition) is 1. The molecular formula is C15H24N2O. The average molecular weight is 248 g/mol. The summed E-state index contributed by atoms with van der Waals surface area (Å²) in [6.45, 7) is 2.20. The summed E-state index contributed by atoms with van der Waals surface area (Å²) in [5.41, 5.74) is 1.63. The maximum absolute atomic E-state index is 5.44. The van der Waals surface area contributed by atoms with E-state index in [0.717, 1.165) is 18.8 Å². The van der Waals surface area contributed by atoms with Crippen LogP contribution < -0.4 is 15.0 Å². The van der Waals surface area contributed by atoms with Crippen molar-refractivity contribution in [3.63, 3.8) is 0 Å². The third-order valence-corrected chi connectivity index (χ3v) is 4.03. The lowest BCUT2D eigenvalue weighted by Crippen LogP contribution is -2.47. The fourth-order valence-electron chi connectivity index (χ4n) is 2.98. The van der Waals surface area contributed by atoms with Crippen molar-refractivity contribution in [3.05, 3.63) is 24.3 Å². The molecule has 2 rings (SSSR count). The molecule has 1 aromatic rings. The van der Waals surface area contributed by atoms with E-state index in [1.165, 1.54) is 24.9 Å². The molecule has 0 aromatic heterocycles. The van der Waals surface area contributed by atoms with Gasteiger partial charge in [-0.05, 0) is 32.0 Å². The van der Waals surface area contributed by atoms with Gasteiger partial charge in [-0.1, -0.05) is 18.6 Å². The van der Waals surface area contributed by atoms with E-state index in [0.29, 0.717) is 5.41 Å². The monoisotopic (exact) mass is 248 g/mol. The Morgan fingerprint density at radius 2 is 2.06 bits per heavy atom. The maximum Gasteiger partial charge on any atom is 0.142 e. The second kappa shape index (κ2) is 5.61. The summed E-state index contributed by atoms with van der Waals surface area (Å²) in [4.78, 5) is 2.33. The van der Waals surface area contributed by atoms with Crippen molar-refractivity contribution in [3.8, 4) is 5.75 Å². The normalized spacial score (nSPS) is 17.1. The molecule has 100 valence electrons. The standard InChI is InChI=1S/C15H24N2O/c1-16-11-15(9-6-10-15)12-17(2)13-7-4-5-8-14(13)18-3/h4-5,7-8,16H,6,9-12H2,1-3H3. The minimum Gasteiger partial charge on any atom is -0.495 e. The van der Waals surface area contributed by atoms with Crippen LogP contribution in [0.4, 0.5) is 5.69 Å². The van der Waals surface area contributed by atoms with Crippen LogP contribution in [-0.2, 0) is 0 Å². The molecule has 0 unspecified atom stereocenters. The number of hydrogen-bond acceptors (Lipinski definition) is 3. The Balaban J connectivity index is 2.09. The highest BCUT2D eigenvalue weighted by Gasteiger charge is 2.37. The van der Waals surface area contributed by atoms with Crippen molar-refractivity contribution in [2.45, 2.75) is 19.3 Å². The molecule has 1 saturated carbocycles. The van der Waals surface area contributed by atoms with E-state index in [1.54, 1.807) is 7.11 Å². The molecule has 1 aromatic carbocycles. The predicted molar refractivity (Wildman–Crippen MR) is 76.5 cm³/mol. The van der Waals surface area contributed by atoms with Crippen LogP contribution in [0.1, 0.15) is 19.3 Å². The van der Waals surface area contributed by atoms with Crippen LogP contribution in [-0.4, -0.2) is 34.3 Å². The van der Waals surface area contributed by atoms with Crippen LogP contribution in [0.5, 0.6) is 5.75 Å². The van der Waals surface area contributed by atoms with Gasteiger partial charge in [-0.25, -0.2) is 0 Å². The summed E-state index contributed by atoms with van der Waals surface area (Å²) in [6.07, 6.45) is 4.02. The SMILES string of the molecule is CNCC1(CN(C)c2ccccc2OC)CCC1. The number of methoxy groups -OCH3 is 1. The molecule has 1 aliphatic rings. The van der Waals surface area contributed by atoms with E-state index in [1.807, 2.05) is 19.2 Å². The Labute approximate surface area is 110 Å². The van der Waals surface area contributed by atoms with Crippen molar-refractivity contribution in [2.75, 3.05) is 39.2 Å². The van der Waals surface area contributed by atoms with Gasteiger partial charge in [0.25, 0.3) is 0 Å². The highest BCUT2D eigenvalue weighted by molar-refractivity contribution is 5.58. The van der Waals surface area contributed by atoms with Gasteiger partial charge in [-0.15, -0.1) is 0 Å². The topological polar surface area (TPSA) is 24.5 Å². The predicted octanol–water partition coefficient (Wildman–Crippen LogP) is 2.52. The molecule has 1 fully saturated rings. The Bertz CT molecular complexity index is 388. The van der Waals surface area contributed by atoms with E-state index in [4.69, 9.17) is 4.74 Å². The molecule has 1 N–H and O–H groups in total. The van der Waals surface area contributed by atoms with Crippen molar-refractivity contribution in [1.29, 1.82) is 0 Å². The molecule has 0 spiro atoms. The molecule has 0 amide bonds. The fraction of sp³-hybridized carbons (Fsp3) is 0.600. The number of ether oxygens (including phenoxy) is 1. The summed E-state index contributed by atoms with van der Waals surface area (Å²) in [5.74, 6) is 0.957. The number of para-hydroxylation sites is 2. The lowest BCUT2D eigenvalue weighted by atomic mass is 9.68. The minimum absolute atomic E-state index is 0.449. The van der Waals surface area contributed by atoms with Crippen molar-refractivity contribution >= 4 is 5.69 Å².